The lowest BCUT2D eigenvalue weighted by Gasteiger charge is -2.23. The summed E-state index contributed by atoms with van der Waals surface area (Å²) in [5.41, 5.74) is 0. The van der Waals surface area contributed by atoms with Crippen LogP contribution in [0, 0.1) is 11.8 Å². The van der Waals surface area contributed by atoms with E-state index in [1.807, 2.05) is 0 Å². The van der Waals surface area contributed by atoms with Crippen LogP contribution in [-0.2, 0) is 9.59 Å². The molecule has 0 bridgehead atoms. The average Bonchev–Trinajstić information content (AvgIpc) is 2.83. The summed E-state index contributed by atoms with van der Waals surface area (Å²) < 4.78 is 0. The molecule has 0 radical (unpaired) electrons. The van der Waals surface area contributed by atoms with Gasteiger partial charge in [0.1, 0.15) is 0 Å². The lowest BCUT2D eigenvalue weighted by Crippen LogP contribution is -2.39. The zero-order valence-corrected chi connectivity index (χ0v) is 9.69. The molecule has 90 valence electrons. The Bertz CT molecular complexity index is 297. The van der Waals surface area contributed by atoms with Crippen LogP contribution in [-0.4, -0.2) is 34.5 Å². The number of carbonyl (C=O) groups excluding carboxylic acids is 2. The summed E-state index contributed by atoms with van der Waals surface area (Å²) >= 11 is 0. The second-order valence-electron chi connectivity index (χ2n) is 5.06. The van der Waals surface area contributed by atoms with Gasteiger partial charge in [-0.1, -0.05) is 19.8 Å². The number of aliphatic hydroxyl groups is 1. The number of β-amino-alcohol motifs (C(OH)–C–C–N with tert-alkyl or cyclic N) is 1. The molecule has 4 nitrogen and oxygen atoms in total. The zero-order chi connectivity index (χ0) is 11.7. The summed E-state index contributed by atoms with van der Waals surface area (Å²) in [6.07, 6.45) is 4.12. The highest BCUT2D eigenvalue weighted by Crippen LogP contribution is 2.29. The smallest absolute Gasteiger partial charge is 0.232 e. The lowest BCUT2D eigenvalue weighted by atomic mass is 10.0. The average molecular weight is 225 g/mol. The van der Waals surface area contributed by atoms with Gasteiger partial charge in [0.2, 0.25) is 11.8 Å². The van der Waals surface area contributed by atoms with Crippen molar-refractivity contribution >= 4 is 11.8 Å². The fourth-order valence-electron chi connectivity index (χ4n) is 2.72. The van der Waals surface area contributed by atoms with Gasteiger partial charge in [-0.15, -0.1) is 0 Å². The summed E-state index contributed by atoms with van der Waals surface area (Å²) in [7, 11) is 0. The Morgan fingerprint density at radius 1 is 1.38 bits per heavy atom. The maximum atomic E-state index is 11.7. The Morgan fingerprint density at radius 3 is 2.50 bits per heavy atom. The predicted octanol–water partition coefficient (Wildman–Crippen LogP) is 0.932. The normalized spacial score (nSPS) is 29.1. The Kier molecular flexibility index (Phi) is 3.28. The van der Waals surface area contributed by atoms with Gasteiger partial charge in [-0.25, -0.2) is 0 Å². The largest absolute Gasteiger partial charge is 0.391 e. The molecule has 2 atom stereocenters. The fourth-order valence-corrected chi connectivity index (χ4v) is 2.72. The van der Waals surface area contributed by atoms with E-state index in [0.29, 0.717) is 6.42 Å². The van der Waals surface area contributed by atoms with E-state index < -0.39 is 6.10 Å². The van der Waals surface area contributed by atoms with Gasteiger partial charge in [-0.3, -0.25) is 14.5 Å². The highest BCUT2D eigenvalue weighted by atomic mass is 16.3. The Balaban J connectivity index is 1.93. The van der Waals surface area contributed by atoms with Gasteiger partial charge in [-0.2, -0.15) is 0 Å². The number of amides is 2. The van der Waals surface area contributed by atoms with Crippen molar-refractivity contribution in [2.45, 2.75) is 45.1 Å². The summed E-state index contributed by atoms with van der Waals surface area (Å²) in [6.45, 7) is 1.97. The highest BCUT2D eigenvalue weighted by molar-refractivity contribution is 6.03. The molecular formula is C12H19NO3. The molecule has 1 aliphatic heterocycles. The van der Waals surface area contributed by atoms with Crippen molar-refractivity contribution in [3.8, 4) is 0 Å². The van der Waals surface area contributed by atoms with Crippen molar-refractivity contribution in [2.24, 2.45) is 11.8 Å². The number of nitrogens with zero attached hydrogens (tertiary/aromatic N) is 1. The van der Waals surface area contributed by atoms with Crippen molar-refractivity contribution in [3.05, 3.63) is 0 Å². The Morgan fingerprint density at radius 2 is 2.00 bits per heavy atom. The van der Waals surface area contributed by atoms with Crippen LogP contribution in [0.3, 0.4) is 0 Å². The van der Waals surface area contributed by atoms with E-state index in [1.54, 1.807) is 6.92 Å². The third kappa shape index (κ3) is 2.12. The molecule has 2 fully saturated rings. The molecule has 2 amide bonds. The number of aliphatic hydroxyl groups excluding tert-OH is 1. The van der Waals surface area contributed by atoms with E-state index in [1.165, 1.54) is 4.90 Å². The quantitative estimate of drug-likeness (QED) is 0.727. The van der Waals surface area contributed by atoms with Crippen LogP contribution in [0.15, 0.2) is 0 Å². The zero-order valence-electron chi connectivity index (χ0n) is 9.69. The molecule has 1 N–H and O–H groups in total. The topological polar surface area (TPSA) is 57.6 Å². The van der Waals surface area contributed by atoms with Crippen LogP contribution in [0.1, 0.15) is 39.0 Å². The summed E-state index contributed by atoms with van der Waals surface area (Å²) in [4.78, 5) is 24.4. The second kappa shape index (κ2) is 4.53. The van der Waals surface area contributed by atoms with Crippen molar-refractivity contribution in [2.75, 3.05) is 6.54 Å². The first kappa shape index (κ1) is 11.6. The minimum absolute atomic E-state index is 0.123. The lowest BCUT2D eigenvalue weighted by molar-refractivity contribution is -0.141. The fraction of sp³-hybridized carbons (Fsp3) is 0.833. The molecule has 0 aromatic rings. The molecule has 1 saturated heterocycles. The molecule has 0 aromatic carbocycles. The van der Waals surface area contributed by atoms with Crippen molar-refractivity contribution in [1.82, 2.24) is 4.90 Å². The molecule has 1 aliphatic carbocycles. The van der Waals surface area contributed by atoms with Crippen LogP contribution in [0.5, 0.6) is 0 Å². The van der Waals surface area contributed by atoms with Crippen LogP contribution in [0.25, 0.3) is 0 Å². The molecule has 2 unspecified atom stereocenters. The molecule has 16 heavy (non-hydrogen) atoms. The second-order valence-corrected chi connectivity index (χ2v) is 5.06. The predicted molar refractivity (Wildman–Crippen MR) is 58.5 cm³/mol. The van der Waals surface area contributed by atoms with Crippen molar-refractivity contribution in [1.29, 1.82) is 0 Å². The van der Waals surface area contributed by atoms with Gasteiger partial charge in [-0.05, 0) is 18.8 Å². The van der Waals surface area contributed by atoms with Crippen LogP contribution >= 0.6 is 0 Å². The van der Waals surface area contributed by atoms with E-state index in [2.05, 4.69) is 0 Å². The van der Waals surface area contributed by atoms with Gasteiger partial charge in [0.15, 0.2) is 0 Å². The van der Waals surface area contributed by atoms with Crippen molar-refractivity contribution in [3.63, 3.8) is 0 Å². The third-order valence-corrected chi connectivity index (χ3v) is 3.78. The first-order valence-electron chi connectivity index (χ1n) is 6.12. The summed E-state index contributed by atoms with van der Waals surface area (Å²) in [5.74, 6) is -0.184. The van der Waals surface area contributed by atoms with Gasteiger partial charge >= 0.3 is 0 Å². The van der Waals surface area contributed by atoms with Gasteiger partial charge in [0.05, 0.1) is 12.6 Å². The maximum Gasteiger partial charge on any atom is 0.232 e. The van der Waals surface area contributed by atoms with Crippen LogP contribution < -0.4 is 0 Å². The minimum Gasteiger partial charge on any atom is -0.391 e. The minimum atomic E-state index is -0.527. The van der Waals surface area contributed by atoms with Gasteiger partial charge < -0.3 is 5.11 Å². The molecule has 1 heterocycles. The first-order valence-corrected chi connectivity index (χ1v) is 6.12. The van der Waals surface area contributed by atoms with Gasteiger partial charge in [0, 0.05) is 12.3 Å². The van der Waals surface area contributed by atoms with E-state index in [4.69, 9.17) is 0 Å². The summed E-state index contributed by atoms with van der Waals surface area (Å²) in [6, 6.07) is 0. The number of carbonyl (C=O) groups is 2. The van der Waals surface area contributed by atoms with E-state index >= 15 is 0 Å². The number of imide groups is 1. The maximum absolute atomic E-state index is 11.7. The Hall–Kier alpha value is -0.900. The standard InChI is InChI=1S/C12H19NO3/c1-8-6-11(15)13(12(8)16)7-10(14)9-4-2-3-5-9/h8-10,14H,2-7H2,1H3. The van der Waals surface area contributed by atoms with E-state index in [9.17, 15) is 14.7 Å². The van der Waals surface area contributed by atoms with Crippen LogP contribution in [0.2, 0.25) is 0 Å². The van der Waals surface area contributed by atoms with E-state index in [0.717, 1.165) is 25.7 Å². The number of hydrogen-bond donors (Lipinski definition) is 1. The van der Waals surface area contributed by atoms with E-state index in [-0.39, 0.29) is 30.2 Å². The first-order chi connectivity index (χ1) is 7.59. The summed E-state index contributed by atoms with van der Waals surface area (Å²) in [5, 5.41) is 9.99. The molecule has 4 heteroatoms. The molecule has 2 aliphatic rings. The number of likely N-dealkylation sites (tertiary alicyclic amines) is 1. The molecule has 0 spiro atoms. The van der Waals surface area contributed by atoms with Gasteiger partial charge in [0.25, 0.3) is 0 Å². The molecular weight excluding hydrogens is 206 g/mol. The Labute approximate surface area is 95.6 Å². The number of rotatable bonds is 3. The molecule has 2 rings (SSSR count). The van der Waals surface area contributed by atoms with Crippen LogP contribution in [0.4, 0.5) is 0 Å². The SMILES string of the molecule is CC1CC(=O)N(CC(O)C2CCCC2)C1=O. The third-order valence-electron chi connectivity index (χ3n) is 3.78. The monoisotopic (exact) mass is 225 g/mol. The number of hydrogen-bond acceptors (Lipinski definition) is 3. The highest BCUT2D eigenvalue weighted by Gasteiger charge is 2.37. The molecule has 1 saturated carbocycles. The molecule has 0 aromatic heterocycles. The van der Waals surface area contributed by atoms with Crippen molar-refractivity contribution < 1.29 is 14.7 Å².